The van der Waals surface area contributed by atoms with Gasteiger partial charge in [0, 0.05) is 10.6 Å². The predicted molar refractivity (Wildman–Crippen MR) is 97.5 cm³/mol. The number of carbonyl (C=O) groups is 1. The van der Waals surface area contributed by atoms with Crippen LogP contribution in [0.2, 0.25) is 5.02 Å². The lowest BCUT2D eigenvalue weighted by molar-refractivity contribution is -0.107. The van der Waals surface area contributed by atoms with Gasteiger partial charge in [0.2, 0.25) is 22.7 Å². The molecule has 0 aliphatic rings. The minimum absolute atomic E-state index is 0.160. The first-order chi connectivity index (χ1) is 12.8. The molecule has 0 aliphatic carbocycles. The number of carbonyl (C=O) groups excluding carboxylic acids is 1. The monoisotopic (exact) mass is 415 g/mol. The Hall–Kier alpha value is -2.45. The Morgan fingerprint density at radius 1 is 1.26 bits per heavy atom. The van der Waals surface area contributed by atoms with Crippen molar-refractivity contribution in [2.24, 2.45) is 5.73 Å². The number of ether oxygens (including phenoxy) is 1. The van der Waals surface area contributed by atoms with Gasteiger partial charge < -0.3 is 14.7 Å². The van der Waals surface area contributed by atoms with Gasteiger partial charge in [-0.3, -0.25) is 4.79 Å². The summed E-state index contributed by atoms with van der Waals surface area (Å²) in [7, 11) is 0. The van der Waals surface area contributed by atoms with Crippen LogP contribution < -0.4 is 5.73 Å². The molecule has 2 N–H and O–H groups in total. The van der Waals surface area contributed by atoms with Crippen molar-refractivity contribution in [2.75, 3.05) is 0 Å². The molecule has 2 atom stereocenters. The largest absolute Gasteiger partial charge is 0.469 e. The van der Waals surface area contributed by atoms with Gasteiger partial charge in [-0.2, -0.15) is 0 Å². The van der Waals surface area contributed by atoms with Crippen LogP contribution in [0.1, 0.15) is 24.2 Å². The maximum Gasteiger partial charge on any atom is 0.239 e. The van der Waals surface area contributed by atoms with Crippen molar-refractivity contribution >= 4 is 29.0 Å². The molecule has 2 aromatic carbocycles. The number of benzene rings is 2. The van der Waals surface area contributed by atoms with Gasteiger partial charge in [-0.05, 0) is 30.7 Å². The average Bonchev–Trinajstić information content (AvgIpc) is 2.64. The molecule has 0 aromatic heterocycles. The molecule has 2 aromatic rings. The molecule has 2 rings (SSSR count). The van der Waals surface area contributed by atoms with Crippen LogP contribution in [-0.4, -0.2) is 10.5 Å². The summed E-state index contributed by atoms with van der Waals surface area (Å²) in [6, 6.07) is 10.2. The molecule has 0 saturated heterocycles. The van der Waals surface area contributed by atoms with Gasteiger partial charge in [0.05, 0.1) is 5.75 Å². The molecular weight excluding hydrogens is 400 g/mol. The zero-order valence-corrected chi connectivity index (χ0v) is 15.7. The fraction of sp³-hybridized carbons (Fsp3) is 0.167. The van der Waals surface area contributed by atoms with Gasteiger partial charge in [0.15, 0.2) is 17.9 Å². The molecule has 0 fully saturated rings. The Morgan fingerprint density at radius 3 is 2.56 bits per heavy atom. The highest BCUT2D eigenvalue weighted by Crippen LogP contribution is 2.22. The van der Waals surface area contributed by atoms with Crippen LogP contribution in [0.15, 0.2) is 54.1 Å². The van der Waals surface area contributed by atoms with Gasteiger partial charge in [0.1, 0.15) is 6.10 Å². The van der Waals surface area contributed by atoms with Crippen LogP contribution in [0.25, 0.3) is 0 Å². The molecular formula is C18H16ClF2NO4S. The topological polar surface area (TPSA) is 78.6 Å². The van der Waals surface area contributed by atoms with Crippen LogP contribution in [0.3, 0.4) is 0 Å². The van der Waals surface area contributed by atoms with E-state index >= 15 is 0 Å². The van der Waals surface area contributed by atoms with E-state index in [-0.39, 0.29) is 17.7 Å². The van der Waals surface area contributed by atoms with Gasteiger partial charge in [-0.15, -0.1) is 0 Å². The lowest BCUT2D eigenvalue weighted by Gasteiger charge is -2.16. The van der Waals surface area contributed by atoms with E-state index in [0.29, 0.717) is 5.02 Å². The number of hydrogen-bond donors (Lipinski definition) is 1. The van der Waals surface area contributed by atoms with Gasteiger partial charge in [-0.1, -0.05) is 35.9 Å². The third-order valence-electron chi connectivity index (χ3n) is 3.48. The van der Waals surface area contributed by atoms with E-state index in [0.717, 1.165) is 11.6 Å². The highest BCUT2D eigenvalue weighted by Gasteiger charge is 2.17. The SMILES string of the molecule is CC(O/C(N)=C(\C=O)OS(=O)Cc1cccc(F)c1F)c1ccc(Cl)cc1. The fourth-order valence-electron chi connectivity index (χ4n) is 2.09. The first kappa shape index (κ1) is 20.9. The van der Waals surface area contributed by atoms with Crippen molar-refractivity contribution in [1.82, 2.24) is 0 Å². The van der Waals surface area contributed by atoms with Gasteiger partial charge in [-0.25, -0.2) is 13.0 Å². The summed E-state index contributed by atoms with van der Waals surface area (Å²) in [5.74, 6) is -3.57. The number of rotatable bonds is 8. The van der Waals surface area contributed by atoms with E-state index in [1.54, 1.807) is 31.2 Å². The number of allylic oxidation sites excluding steroid dienone is 1. The van der Waals surface area contributed by atoms with E-state index in [1.807, 2.05) is 0 Å². The molecule has 5 nitrogen and oxygen atoms in total. The Bertz CT molecular complexity index is 874. The van der Waals surface area contributed by atoms with E-state index in [1.165, 1.54) is 12.1 Å². The van der Waals surface area contributed by atoms with Crippen LogP contribution in [0, 0.1) is 11.6 Å². The zero-order chi connectivity index (χ0) is 20.0. The minimum atomic E-state index is -2.18. The summed E-state index contributed by atoms with van der Waals surface area (Å²) < 4.78 is 49.2. The maximum absolute atomic E-state index is 13.6. The quantitative estimate of drug-likeness (QED) is 0.402. The molecule has 9 heteroatoms. The molecule has 0 aliphatic heterocycles. The second-order valence-electron chi connectivity index (χ2n) is 5.40. The Morgan fingerprint density at radius 2 is 1.93 bits per heavy atom. The maximum atomic E-state index is 13.6. The van der Waals surface area contributed by atoms with E-state index in [2.05, 4.69) is 0 Å². The van der Waals surface area contributed by atoms with Crippen molar-refractivity contribution in [3.05, 3.63) is 81.9 Å². The number of halogens is 3. The number of aldehydes is 1. The van der Waals surface area contributed by atoms with Gasteiger partial charge >= 0.3 is 0 Å². The number of nitrogens with two attached hydrogens (primary N) is 1. The Balaban J connectivity index is 2.07. The summed E-state index contributed by atoms with van der Waals surface area (Å²) in [5.41, 5.74) is 6.27. The number of hydrogen-bond acceptors (Lipinski definition) is 5. The summed E-state index contributed by atoms with van der Waals surface area (Å²) in [6.07, 6.45) is -0.320. The predicted octanol–water partition coefficient (Wildman–Crippen LogP) is 3.90. The smallest absolute Gasteiger partial charge is 0.239 e. The molecule has 27 heavy (non-hydrogen) atoms. The summed E-state index contributed by atoms with van der Waals surface area (Å²) in [5, 5.41) is 0.548. The standard InChI is InChI=1S/C18H16ClF2NO4S/c1-11(12-5-7-14(19)8-6-12)25-18(22)16(9-23)26-27(24)10-13-3-2-4-15(20)17(13)21/h2-9,11H,10,22H2,1H3/b18-16+. The summed E-state index contributed by atoms with van der Waals surface area (Å²) >= 11 is 3.64. The zero-order valence-electron chi connectivity index (χ0n) is 14.2. The van der Waals surface area contributed by atoms with Crippen molar-refractivity contribution in [3.8, 4) is 0 Å². The molecule has 0 heterocycles. The molecule has 0 saturated carbocycles. The molecule has 0 radical (unpaired) electrons. The van der Waals surface area contributed by atoms with Crippen molar-refractivity contribution in [1.29, 1.82) is 0 Å². The first-order valence-corrected chi connectivity index (χ1v) is 9.30. The molecule has 2 unspecified atom stereocenters. The van der Waals surface area contributed by atoms with E-state index < -0.39 is 40.3 Å². The minimum Gasteiger partial charge on any atom is -0.469 e. The average molecular weight is 416 g/mol. The van der Waals surface area contributed by atoms with E-state index in [4.69, 9.17) is 26.3 Å². The Kier molecular flexibility index (Phi) is 7.32. The van der Waals surface area contributed by atoms with Crippen LogP contribution in [-0.2, 0) is 30.5 Å². The fourth-order valence-corrected chi connectivity index (χ4v) is 3.07. The lowest BCUT2D eigenvalue weighted by Crippen LogP contribution is -2.14. The third-order valence-corrected chi connectivity index (χ3v) is 4.64. The summed E-state index contributed by atoms with van der Waals surface area (Å²) in [4.78, 5) is 11.2. The van der Waals surface area contributed by atoms with Crippen LogP contribution >= 0.6 is 11.6 Å². The van der Waals surface area contributed by atoms with E-state index in [9.17, 15) is 17.8 Å². The van der Waals surface area contributed by atoms with Crippen molar-refractivity contribution in [2.45, 2.75) is 18.8 Å². The first-order valence-electron chi connectivity index (χ1n) is 7.68. The summed E-state index contributed by atoms with van der Waals surface area (Å²) in [6.45, 7) is 1.68. The van der Waals surface area contributed by atoms with Gasteiger partial charge in [0.25, 0.3) is 0 Å². The van der Waals surface area contributed by atoms with Crippen molar-refractivity contribution < 1.29 is 26.7 Å². The molecule has 0 bridgehead atoms. The van der Waals surface area contributed by atoms with Crippen LogP contribution in [0.4, 0.5) is 8.78 Å². The van der Waals surface area contributed by atoms with Crippen LogP contribution in [0.5, 0.6) is 0 Å². The molecule has 0 amide bonds. The molecule has 144 valence electrons. The lowest BCUT2D eigenvalue weighted by atomic mass is 10.1. The van der Waals surface area contributed by atoms with Crippen molar-refractivity contribution in [3.63, 3.8) is 0 Å². The second kappa shape index (κ2) is 9.48. The highest BCUT2D eigenvalue weighted by molar-refractivity contribution is 7.79. The Labute approximate surface area is 162 Å². The normalized spacial score (nSPS) is 14.1. The third kappa shape index (κ3) is 5.77. The second-order valence-corrected chi connectivity index (χ2v) is 6.90. The molecule has 0 spiro atoms. The highest BCUT2D eigenvalue weighted by atomic mass is 35.5.